The van der Waals surface area contributed by atoms with Crippen molar-refractivity contribution in [2.75, 3.05) is 6.61 Å². The van der Waals surface area contributed by atoms with Gasteiger partial charge in [-0.2, -0.15) is 0 Å². The van der Waals surface area contributed by atoms with Gasteiger partial charge in [-0.3, -0.25) is 14.4 Å². The summed E-state index contributed by atoms with van der Waals surface area (Å²) >= 11 is 0. The van der Waals surface area contributed by atoms with Gasteiger partial charge in [-0.1, -0.05) is 188 Å². The zero-order valence-electron chi connectivity index (χ0n) is 31.4. The number of carboxylic acid groups (broad SMARTS) is 2. The molecular formula is C40H80O6. The van der Waals surface area contributed by atoms with Crippen molar-refractivity contribution in [3.8, 4) is 0 Å². The molecule has 0 aromatic carbocycles. The van der Waals surface area contributed by atoms with Crippen LogP contribution >= 0.6 is 0 Å². The second-order valence-corrected chi connectivity index (χ2v) is 13.1. The largest absolute Gasteiger partial charge is 0.481 e. The minimum absolute atomic E-state index is 0.0104. The lowest BCUT2D eigenvalue weighted by atomic mass is 10.0. The Bertz CT molecular complexity index is 583. The third-order valence-electron chi connectivity index (χ3n) is 8.23. The zero-order valence-corrected chi connectivity index (χ0v) is 31.4. The summed E-state index contributed by atoms with van der Waals surface area (Å²) in [6.07, 6.45) is 37.4. The monoisotopic (exact) mass is 657 g/mol. The summed E-state index contributed by atoms with van der Waals surface area (Å²) in [5.74, 6) is -1.33. The molecule has 0 saturated carbocycles. The average Bonchev–Trinajstić information content (AvgIpc) is 3.03. The van der Waals surface area contributed by atoms with Gasteiger partial charge in [-0.25, -0.2) is 0 Å². The Morgan fingerprint density at radius 1 is 0.348 bits per heavy atom. The predicted molar refractivity (Wildman–Crippen MR) is 197 cm³/mol. The Balaban J connectivity index is -0.000000752. The van der Waals surface area contributed by atoms with E-state index < -0.39 is 11.9 Å². The Labute approximate surface area is 286 Å². The van der Waals surface area contributed by atoms with E-state index in [-0.39, 0.29) is 5.97 Å². The van der Waals surface area contributed by atoms with E-state index in [1.54, 1.807) is 0 Å². The summed E-state index contributed by atoms with van der Waals surface area (Å²) in [5, 5.41) is 16.5. The normalized spacial score (nSPS) is 10.4. The van der Waals surface area contributed by atoms with E-state index in [1.165, 1.54) is 148 Å². The van der Waals surface area contributed by atoms with Crippen molar-refractivity contribution in [1.29, 1.82) is 0 Å². The van der Waals surface area contributed by atoms with Gasteiger partial charge in [-0.15, -0.1) is 0 Å². The number of carboxylic acids is 2. The van der Waals surface area contributed by atoms with Gasteiger partial charge in [0.05, 0.1) is 6.61 Å². The summed E-state index contributed by atoms with van der Waals surface area (Å²) < 4.78 is 5.32. The highest BCUT2D eigenvalue weighted by molar-refractivity contribution is 5.69. The molecule has 0 aromatic heterocycles. The molecule has 2 N–H and O–H groups in total. The fourth-order valence-electron chi connectivity index (χ4n) is 5.19. The highest BCUT2D eigenvalue weighted by Crippen LogP contribution is 2.13. The average molecular weight is 657 g/mol. The molecule has 0 saturated heterocycles. The standard InChI is InChI=1S/C24H48O2.2C8H16O2/c1-3-5-7-9-10-11-12-13-14-15-16-17-19-21-23-26-24(25)22-20-18-8-6-4-2;2*1-2-3-4-5-6-7-8(9)10/h3-23H2,1-2H3;2*2-7H2,1H3,(H,9,10). The first-order chi connectivity index (χ1) is 22.3. The highest BCUT2D eigenvalue weighted by atomic mass is 16.5. The number of carbonyl (C=O) groups is 3. The lowest BCUT2D eigenvalue weighted by molar-refractivity contribution is -0.144. The maximum absolute atomic E-state index is 11.6. The molecule has 0 unspecified atom stereocenters. The Morgan fingerprint density at radius 3 is 0.870 bits per heavy atom. The predicted octanol–water partition coefficient (Wildman–Crippen LogP) is 13.2. The second kappa shape index (κ2) is 45.5. The third-order valence-corrected chi connectivity index (χ3v) is 8.23. The van der Waals surface area contributed by atoms with Crippen LogP contribution in [0.5, 0.6) is 0 Å². The Hall–Kier alpha value is -1.59. The van der Waals surface area contributed by atoms with E-state index in [0.717, 1.165) is 38.5 Å². The maximum Gasteiger partial charge on any atom is 0.305 e. The van der Waals surface area contributed by atoms with Crippen LogP contribution in [0.2, 0.25) is 0 Å². The molecule has 0 aliphatic rings. The molecule has 6 nitrogen and oxygen atoms in total. The first-order valence-electron chi connectivity index (χ1n) is 19.9. The molecule has 276 valence electrons. The van der Waals surface area contributed by atoms with E-state index >= 15 is 0 Å². The van der Waals surface area contributed by atoms with E-state index in [9.17, 15) is 14.4 Å². The first-order valence-corrected chi connectivity index (χ1v) is 19.9. The molecule has 0 amide bonds. The fraction of sp³-hybridized carbons (Fsp3) is 0.925. The molecule has 0 fully saturated rings. The van der Waals surface area contributed by atoms with Crippen molar-refractivity contribution in [3.63, 3.8) is 0 Å². The molecule has 0 aliphatic carbocycles. The summed E-state index contributed by atoms with van der Waals surface area (Å²) in [7, 11) is 0. The summed E-state index contributed by atoms with van der Waals surface area (Å²) in [5.41, 5.74) is 0. The third kappa shape index (κ3) is 54.9. The SMILES string of the molecule is CCCCCCCC(=O)O.CCCCCCCC(=O)O.CCCCCCCCCCCCCCCCOC(=O)CCCCCCC. The maximum atomic E-state index is 11.6. The quantitative estimate of drug-likeness (QED) is 0.0538. The fourth-order valence-corrected chi connectivity index (χ4v) is 5.19. The smallest absolute Gasteiger partial charge is 0.305 e. The molecule has 0 aromatic rings. The van der Waals surface area contributed by atoms with Crippen molar-refractivity contribution in [2.24, 2.45) is 0 Å². The van der Waals surface area contributed by atoms with Gasteiger partial charge in [0.25, 0.3) is 0 Å². The van der Waals surface area contributed by atoms with Crippen LogP contribution in [0.15, 0.2) is 0 Å². The van der Waals surface area contributed by atoms with Gasteiger partial charge in [0.1, 0.15) is 0 Å². The molecule has 0 spiro atoms. The van der Waals surface area contributed by atoms with Crippen LogP contribution in [-0.2, 0) is 19.1 Å². The highest BCUT2D eigenvalue weighted by Gasteiger charge is 2.02. The van der Waals surface area contributed by atoms with E-state index in [2.05, 4.69) is 27.7 Å². The Kier molecular flexibility index (Phi) is 48.3. The van der Waals surface area contributed by atoms with Crippen LogP contribution in [0.3, 0.4) is 0 Å². The molecule has 0 radical (unpaired) electrons. The van der Waals surface area contributed by atoms with Crippen LogP contribution < -0.4 is 0 Å². The number of hydrogen-bond acceptors (Lipinski definition) is 4. The van der Waals surface area contributed by atoms with Crippen LogP contribution in [-0.4, -0.2) is 34.7 Å². The molecule has 46 heavy (non-hydrogen) atoms. The Morgan fingerprint density at radius 2 is 0.587 bits per heavy atom. The van der Waals surface area contributed by atoms with Crippen LogP contribution in [0.25, 0.3) is 0 Å². The van der Waals surface area contributed by atoms with Crippen molar-refractivity contribution in [2.45, 2.75) is 233 Å². The number of esters is 1. The van der Waals surface area contributed by atoms with Gasteiger partial charge in [-0.05, 0) is 25.7 Å². The summed E-state index contributed by atoms with van der Waals surface area (Å²) in [6.45, 7) is 9.42. The lowest BCUT2D eigenvalue weighted by Gasteiger charge is -2.05. The molecule has 0 heterocycles. The lowest BCUT2D eigenvalue weighted by Crippen LogP contribution is -2.05. The first kappa shape index (κ1) is 48.8. The van der Waals surface area contributed by atoms with Crippen LogP contribution in [0, 0.1) is 0 Å². The van der Waals surface area contributed by atoms with Gasteiger partial charge in [0, 0.05) is 19.3 Å². The van der Waals surface area contributed by atoms with E-state index in [0.29, 0.717) is 25.9 Å². The summed E-state index contributed by atoms with van der Waals surface area (Å²) in [6, 6.07) is 0. The number of hydrogen-bond donors (Lipinski definition) is 2. The van der Waals surface area contributed by atoms with Crippen molar-refractivity contribution in [3.05, 3.63) is 0 Å². The summed E-state index contributed by atoms with van der Waals surface area (Å²) in [4.78, 5) is 31.7. The van der Waals surface area contributed by atoms with Crippen LogP contribution in [0.4, 0.5) is 0 Å². The number of carbonyl (C=O) groups excluding carboxylic acids is 1. The molecule has 0 atom stereocenters. The minimum Gasteiger partial charge on any atom is -0.481 e. The minimum atomic E-state index is -0.670. The zero-order chi connectivity index (χ0) is 34.8. The van der Waals surface area contributed by atoms with Crippen LogP contribution in [0.1, 0.15) is 233 Å². The van der Waals surface area contributed by atoms with Crippen molar-refractivity contribution >= 4 is 17.9 Å². The number of aliphatic carboxylic acids is 2. The molecule has 0 aliphatic heterocycles. The van der Waals surface area contributed by atoms with Gasteiger partial charge < -0.3 is 14.9 Å². The number of rotatable bonds is 33. The number of ether oxygens (including phenoxy) is 1. The van der Waals surface area contributed by atoms with Gasteiger partial charge in [0.2, 0.25) is 0 Å². The van der Waals surface area contributed by atoms with Crippen molar-refractivity contribution in [1.82, 2.24) is 0 Å². The van der Waals surface area contributed by atoms with Gasteiger partial charge >= 0.3 is 17.9 Å². The molecule has 0 bridgehead atoms. The second-order valence-electron chi connectivity index (χ2n) is 13.1. The molecular weight excluding hydrogens is 576 g/mol. The topological polar surface area (TPSA) is 101 Å². The van der Waals surface area contributed by atoms with Gasteiger partial charge in [0.15, 0.2) is 0 Å². The van der Waals surface area contributed by atoms with Crippen molar-refractivity contribution < 1.29 is 29.3 Å². The molecule has 6 heteroatoms. The molecule has 0 rings (SSSR count). The van der Waals surface area contributed by atoms with E-state index in [4.69, 9.17) is 14.9 Å². The number of unbranched alkanes of at least 4 members (excludes halogenated alkanes) is 25. The van der Waals surface area contributed by atoms with E-state index in [1.807, 2.05) is 0 Å².